The minimum absolute atomic E-state index is 0.0270. The Labute approximate surface area is 115 Å². The molecule has 0 aromatic heterocycles. The summed E-state index contributed by atoms with van der Waals surface area (Å²) >= 11 is 0. The minimum Gasteiger partial charge on any atom is -0.362 e. The molecule has 0 aromatic rings. The van der Waals surface area contributed by atoms with Crippen LogP contribution in [-0.4, -0.2) is 25.3 Å². The van der Waals surface area contributed by atoms with E-state index in [-0.39, 0.29) is 23.3 Å². The highest BCUT2D eigenvalue weighted by Crippen LogP contribution is 2.23. The molecule has 6 heteroatoms. The van der Waals surface area contributed by atoms with E-state index in [2.05, 4.69) is 15.3 Å². The molecule has 0 aliphatic rings. The van der Waals surface area contributed by atoms with E-state index in [0.29, 0.717) is 13.0 Å². The Morgan fingerprint density at radius 3 is 2.26 bits per heavy atom. The normalized spacial score (nSPS) is 13.6. The van der Waals surface area contributed by atoms with Gasteiger partial charge in [0.05, 0.1) is 0 Å². The van der Waals surface area contributed by atoms with E-state index >= 15 is 0 Å². The third kappa shape index (κ3) is 11.6. The molecule has 0 aliphatic carbocycles. The zero-order chi connectivity index (χ0) is 15.1. The van der Waals surface area contributed by atoms with Crippen LogP contribution in [-0.2, 0) is 9.53 Å². The van der Waals surface area contributed by atoms with Crippen LogP contribution >= 0.6 is 0 Å². The average Bonchev–Trinajstić information content (AvgIpc) is 2.20. The first-order chi connectivity index (χ1) is 8.53. The summed E-state index contributed by atoms with van der Waals surface area (Å²) in [5.74, 6) is -0.193. The molecular weight excluding hydrogens is 244 g/mol. The monoisotopic (exact) mass is 270 g/mol. The Morgan fingerprint density at radius 1 is 1.26 bits per heavy atom. The van der Waals surface area contributed by atoms with Gasteiger partial charge in [-0.25, -0.2) is 0 Å². The van der Waals surface area contributed by atoms with E-state index in [9.17, 15) is 4.79 Å². The molecule has 0 saturated heterocycles. The molecule has 6 nitrogen and oxygen atoms in total. The zero-order valence-electron chi connectivity index (χ0n) is 12.9. The van der Waals surface area contributed by atoms with Crippen LogP contribution in [0.1, 0.15) is 48.0 Å². The van der Waals surface area contributed by atoms with Gasteiger partial charge >= 0.3 is 0 Å². The van der Waals surface area contributed by atoms with Gasteiger partial charge in [0.25, 0.3) is 0 Å². The molecule has 1 amide bonds. The van der Waals surface area contributed by atoms with Gasteiger partial charge in [-0.15, -0.1) is 0 Å². The summed E-state index contributed by atoms with van der Waals surface area (Å²) < 4.78 is 5.35. The highest BCUT2D eigenvalue weighted by Gasteiger charge is 2.19. The molecule has 0 saturated carbocycles. The predicted molar refractivity (Wildman–Crippen MR) is 75.4 cm³/mol. The second-order valence-corrected chi connectivity index (χ2v) is 7.07. The van der Waals surface area contributed by atoms with Crippen molar-refractivity contribution in [2.75, 3.05) is 13.2 Å². The molecule has 0 bridgehead atoms. The number of carbonyl (C=O) groups is 1. The number of hydrogen-bond acceptors (Lipinski definition) is 3. The van der Waals surface area contributed by atoms with Crippen molar-refractivity contribution in [2.24, 2.45) is 15.9 Å². The number of nitrogens with one attached hydrogen (secondary N) is 1. The van der Waals surface area contributed by atoms with Crippen molar-refractivity contribution in [2.45, 2.75) is 54.2 Å². The molecule has 1 unspecified atom stereocenters. The van der Waals surface area contributed by atoms with Crippen molar-refractivity contribution < 1.29 is 9.53 Å². The predicted octanol–water partition coefficient (Wildman–Crippen LogP) is 3.24. The van der Waals surface area contributed by atoms with E-state index in [0.717, 1.165) is 0 Å². The fourth-order valence-electron chi connectivity index (χ4n) is 1.30. The van der Waals surface area contributed by atoms with Gasteiger partial charge in [0.2, 0.25) is 5.91 Å². The third-order valence-electron chi connectivity index (χ3n) is 2.19. The standard InChI is InChI=1S/C13H26N4O2/c1-12(2,3)7-11(16-17-14)19-8-10(18)15-9-13(4,5)6/h11H,7-9H2,1-6H3,(H,15,18). The number of ether oxygens (including phenoxy) is 1. The summed E-state index contributed by atoms with van der Waals surface area (Å²) in [4.78, 5) is 14.3. The summed E-state index contributed by atoms with van der Waals surface area (Å²) in [6, 6.07) is 0. The van der Waals surface area contributed by atoms with Crippen LogP contribution < -0.4 is 5.32 Å². The van der Waals surface area contributed by atoms with Gasteiger partial charge in [-0.2, -0.15) is 0 Å². The van der Waals surface area contributed by atoms with Crippen molar-refractivity contribution in [1.29, 1.82) is 0 Å². The number of carbonyl (C=O) groups excluding carboxylic acids is 1. The van der Waals surface area contributed by atoms with Crippen LogP contribution in [0.4, 0.5) is 0 Å². The Bertz CT molecular complexity index is 336. The second-order valence-electron chi connectivity index (χ2n) is 7.07. The van der Waals surface area contributed by atoms with Gasteiger partial charge < -0.3 is 10.1 Å². The first-order valence-electron chi connectivity index (χ1n) is 6.46. The van der Waals surface area contributed by atoms with Crippen molar-refractivity contribution in [3.05, 3.63) is 10.4 Å². The Hall–Kier alpha value is -1.26. The molecule has 1 N–H and O–H groups in total. The van der Waals surface area contributed by atoms with E-state index in [1.165, 1.54) is 0 Å². The molecular formula is C13H26N4O2. The molecule has 0 spiro atoms. The molecule has 110 valence electrons. The maximum Gasteiger partial charge on any atom is 0.246 e. The fourth-order valence-corrected chi connectivity index (χ4v) is 1.30. The molecule has 19 heavy (non-hydrogen) atoms. The molecule has 0 aromatic carbocycles. The van der Waals surface area contributed by atoms with Crippen LogP contribution in [0.2, 0.25) is 0 Å². The topological polar surface area (TPSA) is 87.1 Å². The highest BCUT2D eigenvalue weighted by molar-refractivity contribution is 5.77. The lowest BCUT2D eigenvalue weighted by atomic mass is 9.91. The molecule has 0 fully saturated rings. The van der Waals surface area contributed by atoms with E-state index < -0.39 is 6.23 Å². The Kier molecular flexibility index (Phi) is 6.87. The van der Waals surface area contributed by atoms with Crippen molar-refractivity contribution in [3.8, 4) is 0 Å². The summed E-state index contributed by atoms with van der Waals surface area (Å²) in [5, 5.41) is 6.35. The zero-order valence-corrected chi connectivity index (χ0v) is 12.9. The largest absolute Gasteiger partial charge is 0.362 e. The minimum atomic E-state index is -0.606. The van der Waals surface area contributed by atoms with Crippen molar-refractivity contribution >= 4 is 5.91 Å². The van der Waals surface area contributed by atoms with Gasteiger partial charge in [-0.1, -0.05) is 46.7 Å². The summed E-state index contributed by atoms with van der Waals surface area (Å²) in [6.45, 7) is 12.7. The highest BCUT2D eigenvalue weighted by atomic mass is 16.5. The quantitative estimate of drug-likeness (QED) is 0.456. The number of hydrogen-bond donors (Lipinski definition) is 1. The Morgan fingerprint density at radius 2 is 1.84 bits per heavy atom. The van der Waals surface area contributed by atoms with Gasteiger partial charge in [0.15, 0.2) is 0 Å². The van der Waals surface area contributed by atoms with Gasteiger partial charge in [0.1, 0.15) is 12.8 Å². The van der Waals surface area contributed by atoms with Gasteiger partial charge in [0, 0.05) is 11.5 Å². The number of azide groups is 1. The lowest BCUT2D eigenvalue weighted by Gasteiger charge is -2.23. The van der Waals surface area contributed by atoms with Gasteiger partial charge in [-0.3, -0.25) is 4.79 Å². The van der Waals surface area contributed by atoms with E-state index in [4.69, 9.17) is 10.3 Å². The molecule has 0 radical (unpaired) electrons. The average molecular weight is 270 g/mol. The summed E-state index contributed by atoms with van der Waals surface area (Å²) in [5.41, 5.74) is 8.49. The first kappa shape index (κ1) is 17.7. The lowest BCUT2D eigenvalue weighted by molar-refractivity contribution is -0.128. The van der Waals surface area contributed by atoms with Crippen LogP contribution in [0.15, 0.2) is 5.11 Å². The number of amides is 1. The Balaban J connectivity index is 4.18. The smallest absolute Gasteiger partial charge is 0.246 e. The summed E-state index contributed by atoms with van der Waals surface area (Å²) in [7, 11) is 0. The summed E-state index contributed by atoms with van der Waals surface area (Å²) in [6.07, 6.45) is -0.0331. The second kappa shape index (κ2) is 7.36. The fraction of sp³-hybridized carbons (Fsp3) is 0.923. The van der Waals surface area contributed by atoms with Gasteiger partial charge in [-0.05, 0) is 22.8 Å². The maximum atomic E-state index is 11.6. The van der Waals surface area contributed by atoms with Crippen molar-refractivity contribution in [1.82, 2.24) is 5.32 Å². The van der Waals surface area contributed by atoms with Crippen LogP contribution in [0.25, 0.3) is 10.4 Å². The SMILES string of the molecule is CC(C)(C)CNC(=O)COC(CC(C)(C)C)N=[N+]=[N-]. The maximum absolute atomic E-state index is 11.6. The number of nitrogens with zero attached hydrogens (tertiary/aromatic N) is 3. The van der Waals surface area contributed by atoms with Crippen LogP contribution in [0.5, 0.6) is 0 Å². The van der Waals surface area contributed by atoms with Crippen LogP contribution in [0, 0.1) is 10.8 Å². The number of rotatable bonds is 6. The molecule has 0 aliphatic heterocycles. The van der Waals surface area contributed by atoms with E-state index in [1.807, 2.05) is 41.5 Å². The van der Waals surface area contributed by atoms with Crippen LogP contribution in [0.3, 0.4) is 0 Å². The van der Waals surface area contributed by atoms with Crippen molar-refractivity contribution in [3.63, 3.8) is 0 Å². The molecule has 0 heterocycles. The first-order valence-corrected chi connectivity index (χ1v) is 6.46. The lowest BCUT2D eigenvalue weighted by Crippen LogP contribution is -2.35. The molecule has 1 atom stereocenters. The third-order valence-corrected chi connectivity index (χ3v) is 2.19. The molecule has 0 rings (SSSR count). The van der Waals surface area contributed by atoms with E-state index in [1.54, 1.807) is 0 Å².